The Hall–Kier alpha value is -3.44. The van der Waals surface area contributed by atoms with E-state index in [4.69, 9.17) is 35.3 Å². The van der Waals surface area contributed by atoms with E-state index in [0.717, 1.165) is 20.8 Å². The molecule has 0 N–H and O–H groups in total. The Kier molecular flexibility index (Phi) is 8.13. The minimum atomic E-state index is -1.34. The second kappa shape index (κ2) is 10.9. The second-order valence-corrected chi connectivity index (χ2v) is 8.24. The molecule has 1 aliphatic rings. The molecule has 35 heavy (non-hydrogen) atoms. The third kappa shape index (κ3) is 5.80. The third-order valence-electron chi connectivity index (χ3n) is 5.20. The quantitative estimate of drug-likeness (QED) is 0.310. The van der Waals surface area contributed by atoms with Gasteiger partial charge in [-0.05, 0) is 12.1 Å². The van der Waals surface area contributed by atoms with Crippen molar-refractivity contribution in [3.05, 3.63) is 35.0 Å². The molecule has 2 heterocycles. The third-order valence-corrected chi connectivity index (χ3v) is 5.52. The fourth-order valence-electron chi connectivity index (χ4n) is 4.03. The fourth-order valence-corrected chi connectivity index (χ4v) is 4.31. The summed E-state index contributed by atoms with van der Waals surface area (Å²) in [7, 11) is 0. The SMILES string of the molecule is CC(=O)OC[C@H]1O[C@@H](n2cc(C=O)c3c(Cl)cccc32)[C@H](OC(C)=O)[C@@H](OC(C)=O)[C@@H]1OC(C)=O. The Morgan fingerprint density at radius 1 is 0.943 bits per heavy atom. The topological polar surface area (TPSA) is 136 Å². The lowest BCUT2D eigenvalue weighted by atomic mass is 9.97. The number of fused-ring (bicyclic) bond motifs is 1. The zero-order valence-corrected chi connectivity index (χ0v) is 20.1. The van der Waals surface area contributed by atoms with Crippen LogP contribution < -0.4 is 0 Å². The number of carbonyl (C=O) groups is 5. The molecule has 3 rings (SSSR count). The summed E-state index contributed by atoms with van der Waals surface area (Å²) in [6, 6.07) is 4.93. The number of esters is 4. The highest BCUT2D eigenvalue weighted by Crippen LogP contribution is 2.38. The molecule has 0 spiro atoms. The molecule has 1 aliphatic heterocycles. The maximum atomic E-state index is 12.0. The predicted molar refractivity (Wildman–Crippen MR) is 120 cm³/mol. The van der Waals surface area contributed by atoms with E-state index < -0.39 is 54.5 Å². The van der Waals surface area contributed by atoms with Crippen molar-refractivity contribution in [2.45, 2.75) is 58.3 Å². The van der Waals surface area contributed by atoms with Crippen molar-refractivity contribution in [3.63, 3.8) is 0 Å². The zero-order valence-electron chi connectivity index (χ0n) is 19.4. The van der Waals surface area contributed by atoms with Crippen LogP contribution in [0.2, 0.25) is 5.02 Å². The molecule has 1 fully saturated rings. The van der Waals surface area contributed by atoms with Gasteiger partial charge in [-0.2, -0.15) is 0 Å². The van der Waals surface area contributed by atoms with Crippen LogP contribution in [0.25, 0.3) is 10.9 Å². The normalized spacial score (nSPS) is 23.9. The number of carbonyl (C=O) groups excluding carboxylic acids is 5. The molecule has 0 unspecified atom stereocenters. The average molecular weight is 510 g/mol. The molecule has 2 aromatic rings. The van der Waals surface area contributed by atoms with E-state index in [9.17, 15) is 24.0 Å². The number of benzene rings is 1. The van der Waals surface area contributed by atoms with Crippen LogP contribution in [0.1, 0.15) is 44.3 Å². The first-order valence-corrected chi connectivity index (χ1v) is 11.0. The number of aldehydes is 1. The van der Waals surface area contributed by atoms with Crippen LogP contribution in [-0.4, -0.2) is 65.8 Å². The van der Waals surface area contributed by atoms with Gasteiger partial charge in [0.05, 0.1) is 10.5 Å². The van der Waals surface area contributed by atoms with Gasteiger partial charge in [0.15, 0.2) is 30.8 Å². The first kappa shape index (κ1) is 26.2. The Morgan fingerprint density at radius 3 is 2.11 bits per heavy atom. The first-order valence-electron chi connectivity index (χ1n) is 10.6. The number of ether oxygens (including phenoxy) is 5. The predicted octanol–water partition coefficient (Wildman–Crippen LogP) is 2.36. The van der Waals surface area contributed by atoms with E-state index in [1.54, 1.807) is 18.2 Å². The largest absolute Gasteiger partial charge is 0.463 e. The lowest BCUT2D eigenvalue weighted by Crippen LogP contribution is -2.60. The molecular weight excluding hydrogens is 486 g/mol. The first-order chi connectivity index (χ1) is 16.5. The average Bonchev–Trinajstić information content (AvgIpc) is 3.14. The van der Waals surface area contributed by atoms with E-state index in [1.165, 1.54) is 17.7 Å². The molecule has 11 nitrogen and oxygen atoms in total. The molecule has 188 valence electrons. The van der Waals surface area contributed by atoms with Gasteiger partial charge < -0.3 is 28.3 Å². The van der Waals surface area contributed by atoms with E-state index in [2.05, 4.69) is 0 Å². The van der Waals surface area contributed by atoms with Crippen molar-refractivity contribution >= 4 is 52.7 Å². The Labute approximate surface area is 205 Å². The van der Waals surface area contributed by atoms with Crippen LogP contribution in [-0.2, 0) is 42.9 Å². The second-order valence-electron chi connectivity index (χ2n) is 7.83. The maximum Gasteiger partial charge on any atom is 0.303 e. The Balaban J connectivity index is 2.20. The standard InChI is InChI=1S/C23H24ClNO10/c1-11(27)31-10-18-20(32-12(2)28)21(33-13(3)29)22(34-14(4)30)23(35-18)25-8-15(9-26)19-16(24)6-5-7-17(19)25/h5-9,18,20-23H,10H2,1-4H3/t18-,20-,21+,22-,23-/m1/s1. The van der Waals surface area contributed by atoms with Gasteiger partial charge in [-0.15, -0.1) is 0 Å². The Bertz CT molecular complexity index is 1160. The Morgan fingerprint density at radius 2 is 1.54 bits per heavy atom. The maximum absolute atomic E-state index is 12.0. The highest BCUT2D eigenvalue weighted by atomic mass is 35.5. The highest BCUT2D eigenvalue weighted by Gasteiger charge is 2.53. The molecule has 5 atom stereocenters. The van der Waals surface area contributed by atoms with Gasteiger partial charge in [0.1, 0.15) is 12.7 Å². The van der Waals surface area contributed by atoms with E-state index >= 15 is 0 Å². The molecule has 0 aliphatic carbocycles. The van der Waals surface area contributed by atoms with Crippen LogP contribution in [0.3, 0.4) is 0 Å². The lowest BCUT2D eigenvalue weighted by Gasteiger charge is -2.44. The minimum Gasteiger partial charge on any atom is -0.463 e. The molecule has 1 saturated heterocycles. The van der Waals surface area contributed by atoms with Gasteiger partial charge >= 0.3 is 23.9 Å². The van der Waals surface area contributed by atoms with Gasteiger partial charge in [0, 0.05) is 44.8 Å². The summed E-state index contributed by atoms with van der Waals surface area (Å²) in [5.41, 5.74) is 0.693. The van der Waals surface area contributed by atoms with E-state index in [1.807, 2.05) is 0 Å². The summed E-state index contributed by atoms with van der Waals surface area (Å²) >= 11 is 6.32. The number of nitrogens with zero attached hydrogens (tertiary/aromatic N) is 1. The van der Waals surface area contributed by atoms with Crippen LogP contribution in [0, 0.1) is 0 Å². The molecule has 0 saturated carbocycles. The van der Waals surface area contributed by atoms with Crippen molar-refractivity contribution in [1.82, 2.24) is 4.57 Å². The van der Waals surface area contributed by atoms with Crippen LogP contribution >= 0.6 is 11.6 Å². The number of aromatic nitrogens is 1. The molecule has 12 heteroatoms. The number of halogens is 1. The summed E-state index contributed by atoms with van der Waals surface area (Å²) in [6.07, 6.45) is -4.20. The lowest BCUT2D eigenvalue weighted by molar-refractivity contribution is -0.267. The molecule has 1 aromatic carbocycles. The minimum absolute atomic E-state index is 0.235. The van der Waals surface area contributed by atoms with Crippen LogP contribution in [0.5, 0.6) is 0 Å². The number of hydrogen-bond acceptors (Lipinski definition) is 10. The molecular formula is C23H24ClNO10. The van der Waals surface area contributed by atoms with E-state index in [-0.39, 0.29) is 12.2 Å². The fraction of sp³-hybridized carbons (Fsp3) is 0.435. The summed E-state index contributed by atoms with van der Waals surface area (Å²) in [5.74, 6) is -2.83. The van der Waals surface area contributed by atoms with Gasteiger partial charge in [-0.3, -0.25) is 24.0 Å². The van der Waals surface area contributed by atoms with E-state index in [0.29, 0.717) is 22.2 Å². The smallest absolute Gasteiger partial charge is 0.303 e. The van der Waals surface area contributed by atoms with Gasteiger partial charge in [-0.25, -0.2) is 0 Å². The van der Waals surface area contributed by atoms with Gasteiger partial charge in [-0.1, -0.05) is 17.7 Å². The van der Waals surface area contributed by atoms with Crippen molar-refractivity contribution < 1.29 is 47.7 Å². The molecule has 0 radical (unpaired) electrons. The summed E-state index contributed by atoms with van der Waals surface area (Å²) < 4.78 is 29.1. The monoisotopic (exact) mass is 509 g/mol. The molecule has 1 aromatic heterocycles. The van der Waals surface area contributed by atoms with Crippen molar-refractivity contribution in [2.24, 2.45) is 0 Å². The summed E-state index contributed by atoms with van der Waals surface area (Å²) in [6.45, 7) is 4.24. The van der Waals surface area contributed by atoms with Crippen LogP contribution in [0.4, 0.5) is 0 Å². The number of rotatable bonds is 7. The van der Waals surface area contributed by atoms with Crippen molar-refractivity contribution in [3.8, 4) is 0 Å². The van der Waals surface area contributed by atoms with Gasteiger partial charge in [0.2, 0.25) is 0 Å². The van der Waals surface area contributed by atoms with Crippen LogP contribution in [0.15, 0.2) is 24.4 Å². The van der Waals surface area contributed by atoms with Crippen molar-refractivity contribution in [2.75, 3.05) is 6.61 Å². The summed E-state index contributed by atoms with van der Waals surface area (Å²) in [4.78, 5) is 59.2. The zero-order chi connectivity index (χ0) is 25.9. The summed E-state index contributed by atoms with van der Waals surface area (Å²) in [5, 5.41) is 0.728. The molecule has 0 amide bonds. The van der Waals surface area contributed by atoms with Gasteiger partial charge in [0.25, 0.3) is 0 Å². The van der Waals surface area contributed by atoms with Crippen molar-refractivity contribution in [1.29, 1.82) is 0 Å². The number of hydrogen-bond donors (Lipinski definition) is 0. The molecule has 0 bridgehead atoms. The highest BCUT2D eigenvalue weighted by molar-refractivity contribution is 6.36.